The minimum atomic E-state index is 0.190. The third-order valence-electron chi connectivity index (χ3n) is 4.67. The van der Waals surface area contributed by atoms with Crippen LogP contribution in [0.3, 0.4) is 0 Å². The summed E-state index contributed by atoms with van der Waals surface area (Å²) in [5.74, 6) is 1.31. The molecule has 2 rings (SSSR count). The van der Waals surface area contributed by atoms with Crippen LogP contribution in [-0.2, 0) is 4.79 Å². The summed E-state index contributed by atoms with van der Waals surface area (Å²) >= 11 is 0. The van der Waals surface area contributed by atoms with E-state index in [1.54, 1.807) is 0 Å². The quantitative estimate of drug-likeness (QED) is 0.640. The van der Waals surface area contributed by atoms with Crippen molar-refractivity contribution in [2.45, 2.75) is 47.5 Å². The molecule has 0 aromatic heterocycles. The Bertz CT molecular complexity index is 335. The van der Waals surface area contributed by atoms with E-state index in [1.165, 1.54) is 6.42 Å². The molecule has 0 aromatic rings. The molecule has 2 aliphatic carbocycles. The van der Waals surface area contributed by atoms with Crippen LogP contribution in [0, 0.1) is 22.7 Å². The predicted octanol–water partition coefficient (Wildman–Crippen LogP) is 3.59. The molecule has 0 N–H and O–H groups in total. The van der Waals surface area contributed by atoms with Crippen LogP contribution in [0.25, 0.3) is 0 Å². The molecule has 15 heavy (non-hydrogen) atoms. The molecule has 0 aromatic carbocycles. The fourth-order valence-electron chi connectivity index (χ4n) is 3.64. The summed E-state index contributed by atoms with van der Waals surface area (Å²) in [7, 11) is 0. The normalized spacial score (nSPS) is 38.4. The Morgan fingerprint density at radius 1 is 1.40 bits per heavy atom. The van der Waals surface area contributed by atoms with Crippen LogP contribution in [0.1, 0.15) is 47.5 Å². The molecule has 1 saturated carbocycles. The van der Waals surface area contributed by atoms with Crippen molar-refractivity contribution in [1.82, 2.24) is 0 Å². The molecule has 84 valence electrons. The second kappa shape index (κ2) is 2.96. The highest BCUT2D eigenvalue weighted by Crippen LogP contribution is 2.60. The van der Waals surface area contributed by atoms with Gasteiger partial charge in [-0.2, -0.15) is 0 Å². The minimum absolute atomic E-state index is 0.190. The maximum atomic E-state index is 12.1. The average Bonchev–Trinajstić information content (AvgIpc) is 2.32. The van der Waals surface area contributed by atoms with Crippen LogP contribution in [0.2, 0.25) is 0 Å². The van der Waals surface area contributed by atoms with Crippen molar-refractivity contribution in [2.75, 3.05) is 0 Å². The maximum Gasteiger partial charge on any atom is 0.161 e. The molecule has 1 fully saturated rings. The molecule has 0 amide bonds. The molecule has 2 atom stereocenters. The van der Waals surface area contributed by atoms with E-state index in [0.29, 0.717) is 17.1 Å². The average molecular weight is 206 g/mol. The Balaban J connectivity index is 2.49. The molecular weight excluding hydrogens is 184 g/mol. The summed E-state index contributed by atoms with van der Waals surface area (Å²) in [6.45, 7) is 11.1. The smallest absolute Gasteiger partial charge is 0.161 e. The highest BCUT2D eigenvalue weighted by Gasteiger charge is 2.55. The molecule has 2 bridgehead atoms. The number of Topliss-reactive ketones (excluding diaryl/α,β-unsaturated/α-hetero) is 1. The molecule has 1 nitrogen and oxygen atoms in total. The van der Waals surface area contributed by atoms with E-state index < -0.39 is 0 Å². The maximum absolute atomic E-state index is 12.1. The number of allylic oxidation sites excluding steroid dienone is 2. The van der Waals surface area contributed by atoms with Crippen molar-refractivity contribution in [3.63, 3.8) is 0 Å². The molecule has 0 radical (unpaired) electrons. The number of carbonyl (C=O) groups excluding carboxylic acids is 1. The molecule has 1 heteroatoms. The summed E-state index contributed by atoms with van der Waals surface area (Å²) in [4.78, 5) is 12.1. The van der Waals surface area contributed by atoms with E-state index >= 15 is 0 Å². The van der Waals surface area contributed by atoms with Crippen molar-refractivity contribution in [2.24, 2.45) is 22.7 Å². The Hall–Kier alpha value is -0.590. The van der Waals surface area contributed by atoms with E-state index in [1.807, 2.05) is 6.92 Å². The summed E-state index contributed by atoms with van der Waals surface area (Å²) in [6.07, 6.45) is 4.52. The van der Waals surface area contributed by atoms with Gasteiger partial charge < -0.3 is 0 Å². The summed E-state index contributed by atoms with van der Waals surface area (Å²) in [5, 5.41) is 0. The van der Waals surface area contributed by atoms with Gasteiger partial charge in [-0.15, -0.1) is 0 Å². The van der Waals surface area contributed by atoms with Crippen molar-refractivity contribution in [1.29, 1.82) is 0 Å². The zero-order chi connectivity index (χ0) is 11.4. The van der Waals surface area contributed by atoms with Gasteiger partial charge in [-0.25, -0.2) is 0 Å². The van der Waals surface area contributed by atoms with E-state index in [2.05, 4.69) is 33.8 Å². The summed E-state index contributed by atoms with van der Waals surface area (Å²) in [5.41, 5.74) is 1.49. The lowest BCUT2D eigenvalue weighted by Gasteiger charge is -2.33. The van der Waals surface area contributed by atoms with Gasteiger partial charge in [0.1, 0.15) is 0 Å². The van der Waals surface area contributed by atoms with Crippen LogP contribution in [0.15, 0.2) is 11.6 Å². The highest BCUT2D eigenvalue weighted by atomic mass is 16.1. The predicted molar refractivity (Wildman–Crippen MR) is 62.5 cm³/mol. The highest BCUT2D eigenvalue weighted by molar-refractivity contribution is 5.98. The van der Waals surface area contributed by atoms with Gasteiger partial charge >= 0.3 is 0 Å². The molecular formula is C14H22O. The lowest BCUT2D eigenvalue weighted by atomic mass is 9.70. The number of ketones is 1. The second-order valence-corrected chi connectivity index (χ2v) is 6.50. The number of hydrogen-bond acceptors (Lipinski definition) is 1. The minimum Gasteiger partial charge on any atom is -0.294 e. The van der Waals surface area contributed by atoms with Gasteiger partial charge in [0.15, 0.2) is 5.78 Å². The number of hydrogen-bond donors (Lipinski definition) is 0. The Morgan fingerprint density at radius 3 is 2.53 bits per heavy atom. The third-order valence-corrected chi connectivity index (χ3v) is 4.67. The van der Waals surface area contributed by atoms with Gasteiger partial charge in [-0.1, -0.05) is 33.8 Å². The first-order valence-electron chi connectivity index (χ1n) is 6.02. The lowest BCUT2D eigenvalue weighted by Crippen LogP contribution is -2.29. The third kappa shape index (κ3) is 1.39. The Morgan fingerprint density at radius 2 is 2.00 bits per heavy atom. The fourth-order valence-corrected chi connectivity index (χ4v) is 3.64. The van der Waals surface area contributed by atoms with Crippen LogP contribution in [0.4, 0.5) is 0 Å². The topological polar surface area (TPSA) is 17.1 Å². The van der Waals surface area contributed by atoms with E-state index in [9.17, 15) is 4.79 Å². The summed E-state index contributed by atoms with van der Waals surface area (Å²) in [6, 6.07) is 0. The monoisotopic (exact) mass is 206 g/mol. The molecule has 0 heterocycles. The van der Waals surface area contributed by atoms with Crippen LogP contribution in [0.5, 0.6) is 0 Å². The van der Waals surface area contributed by atoms with Crippen molar-refractivity contribution in [3.05, 3.63) is 11.6 Å². The Kier molecular flexibility index (Phi) is 2.15. The largest absolute Gasteiger partial charge is 0.294 e. The first-order valence-corrected chi connectivity index (χ1v) is 6.02. The number of fused-ring (bicyclic) bond motifs is 2. The standard InChI is InChI=1S/C14H22O/c1-9(2)14-6-10(3)12(15)11(7-14)13(4,5)8-14/h6,9,11H,7-8H2,1-5H3/t11-,14+/m1/s1. The van der Waals surface area contributed by atoms with Crippen LogP contribution in [-0.4, -0.2) is 5.78 Å². The van der Waals surface area contributed by atoms with E-state index in [0.717, 1.165) is 12.0 Å². The number of rotatable bonds is 1. The van der Waals surface area contributed by atoms with Gasteiger partial charge in [0.2, 0.25) is 0 Å². The molecule has 0 saturated heterocycles. The first kappa shape index (κ1) is 10.9. The van der Waals surface area contributed by atoms with Gasteiger partial charge in [-0.3, -0.25) is 4.79 Å². The first-order chi connectivity index (χ1) is 6.78. The van der Waals surface area contributed by atoms with Crippen LogP contribution >= 0.6 is 0 Å². The molecule has 0 unspecified atom stereocenters. The van der Waals surface area contributed by atoms with Gasteiger partial charge in [0.05, 0.1) is 0 Å². The van der Waals surface area contributed by atoms with Crippen molar-refractivity contribution in [3.8, 4) is 0 Å². The van der Waals surface area contributed by atoms with Gasteiger partial charge in [0, 0.05) is 5.92 Å². The van der Waals surface area contributed by atoms with Crippen molar-refractivity contribution < 1.29 is 4.79 Å². The lowest BCUT2D eigenvalue weighted by molar-refractivity contribution is -0.122. The zero-order valence-corrected chi connectivity index (χ0v) is 10.6. The summed E-state index contributed by atoms with van der Waals surface area (Å²) < 4.78 is 0. The zero-order valence-electron chi connectivity index (χ0n) is 10.6. The SMILES string of the molecule is CC1=C[C@]2(C(C)C)C[C@H](C1=O)C(C)(C)C2. The van der Waals surface area contributed by atoms with E-state index in [-0.39, 0.29) is 11.3 Å². The molecule has 0 aliphatic heterocycles. The molecule has 2 aliphatic rings. The fraction of sp³-hybridized carbons (Fsp3) is 0.786. The molecule has 0 spiro atoms. The second-order valence-electron chi connectivity index (χ2n) is 6.50. The van der Waals surface area contributed by atoms with Gasteiger partial charge in [0.25, 0.3) is 0 Å². The van der Waals surface area contributed by atoms with Crippen LogP contribution < -0.4 is 0 Å². The Labute approximate surface area is 92.9 Å². The van der Waals surface area contributed by atoms with Crippen molar-refractivity contribution >= 4 is 5.78 Å². The number of carbonyl (C=O) groups is 1. The van der Waals surface area contributed by atoms with E-state index in [4.69, 9.17) is 0 Å². The van der Waals surface area contributed by atoms with Gasteiger partial charge in [-0.05, 0) is 42.1 Å².